The second-order valence-electron chi connectivity index (χ2n) is 4.72. The number of carbonyl (C=O) groups excluding carboxylic acids is 2. The Bertz CT molecular complexity index is 293. The van der Waals surface area contributed by atoms with E-state index in [9.17, 15) is 9.59 Å². The Labute approximate surface area is 107 Å². The minimum atomic E-state index is -0.633. The predicted molar refractivity (Wildman–Crippen MR) is 69.1 cm³/mol. The van der Waals surface area contributed by atoms with Gasteiger partial charge in [-0.1, -0.05) is 13.8 Å². The van der Waals surface area contributed by atoms with Crippen molar-refractivity contribution in [2.75, 3.05) is 32.2 Å². The van der Waals surface area contributed by atoms with Crippen LogP contribution in [0.3, 0.4) is 0 Å². The van der Waals surface area contributed by atoms with Gasteiger partial charge in [0.1, 0.15) is 5.92 Å². The average Bonchev–Trinajstić information content (AvgIpc) is 2.28. The van der Waals surface area contributed by atoms with Crippen LogP contribution in [-0.4, -0.2) is 54.9 Å². The summed E-state index contributed by atoms with van der Waals surface area (Å²) in [7, 11) is 3.28. The van der Waals surface area contributed by atoms with Gasteiger partial charge in [-0.3, -0.25) is 14.5 Å². The van der Waals surface area contributed by atoms with E-state index < -0.39 is 11.9 Å². The highest BCUT2D eigenvalue weighted by molar-refractivity contribution is 7.99. The molecule has 98 valence electrons. The van der Waals surface area contributed by atoms with Crippen LogP contribution < -0.4 is 0 Å². The van der Waals surface area contributed by atoms with Crippen LogP contribution in [0.2, 0.25) is 0 Å². The summed E-state index contributed by atoms with van der Waals surface area (Å²) in [5.74, 6) is 0.761. The van der Waals surface area contributed by atoms with Crippen molar-refractivity contribution in [2.24, 2.45) is 11.8 Å². The highest BCUT2D eigenvalue weighted by Crippen LogP contribution is 2.22. The van der Waals surface area contributed by atoms with Crippen molar-refractivity contribution in [3.05, 3.63) is 0 Å². The summed E-state index contributed by atoms with van der Waals surface area (Å²) in [6.07, 6.45) is 0. The zero-order chi connectivity index (χ0) is 13.0. The second-order valence-corrected chi connectivity index (χ2v) is 5.87. The van der Waals surface area contributed by atoms with E-state index in [0.29, 0.717) is 0 Å². The molecule has 1 aliphatic rings. The summed E-state index contributed by atoms with van der Waals surface area (Å²) in [6, 6.07) is -0.153. The van der Waals surface area contributed by atoms with Gasteiger partial charge in [-0.25, -0.2) is 0 Å². The van der Waals surface area contributed by atoms with E-state index in [0.717, 1.165) is 18.1 Å². The van der Waals surface area contributed by atoms with Gasteiger partial charge in [0.25, 0.3) is 0 Å². The number of ketones is 1. The number of thioether (sulfide) groups is 1. The molecule has 4 nitrogen and oxygen atoms in total. The van der Waals surface area contributed by atoms with E-state index in [1.54, 1.807) is 11.8 Å². The van der Waals surface area contributed by atoms with E-state index in [-0.39, 0.29) is 17.7 Å². The molecule has 1 fully saturated rings. The first kappa shape index (κ1) is 14.5. The van der Waals surface area contributed by atoms with E-state index >= 15 is 0 Å². The molecule has 1 heterocycles. The molecule has 5 heteroatoms. The number of hydrogen-bond donors (Lipinski definition) is 0. The summed E-state index contributed by atoms with van der Waals surface area (Å²) in [5, 5.41) is 0. The van der Waals surface area contributed by atoms with Crippen LogP contribution in [0.1, 0.15) is 13.8 Å². The van der Waals surface area contributed by atoms with Gasteiger partial charge >= 0.3 is 5.97 Å². The first-order valence-corrected chi connectivity index (χ1v) is 7.04. The molecule has 1 saturated heterocycles. The number of likely N-dealkylation sites (N-methyl/N-ethyl adjacent to an activating group) is 1. The molecule has 0 aromatic carbocycles. The molecule has 0 bridgehead atoms. The molecule has 0 N–H and O–H groups in total. The standard InChI is InChI=1S/C12H21NO3S/c1-8(2)10(12(15)16-4)11(14)9-7-17-6-5-13(9)3/h8-10H,5-7H2,1-4H3. The molecule has 0 aliphatic carbocycles. The van der Waals surface area contributed by atoms with Crippen molar-refractivity contribution in [3.63, 3.8) is 0 Å². The zero-order valence-electron chi connectivity index (χ0n) is 10.9. The van der Waals surface area contributed by atoms with Crippen molar-refractivity contribution in [1.29, 1.82) is 0 Å². The van der Waals surface area contributed by atoms with E-state index in [2.05, 4.69) is 0 Å². The fraction of sp³-hybridized carbons (Fsp3) is 0.833. The lowest BCUT2D eigenvalue weighted by atomic mass is 9.88. The Morgan fingerprint density at radius 2 is 2.06 bits per heavy atom. The topological polar surface area (TPSA) is 46.6 Å². The molecule has 17 heavy (non-hydrogen) atoms. The third kappa shape index (κ3) is 3.45. The summed E-state index contributed by atoms with van der Waals surface area (Å²) < 4.78 is 4.74. The van der Waals surface area contributed by atoms with E-state index in [4.69, 9.17) is 4.74 Å². The monoisotopic (exact) mass is 259 g/mol. The molecule has 2 unspecified atom stereocenters. The summed E-state index contributed by atoms with van der Waals surface area (Å²) in [6.45, 7) is 4.66. The molecular formula is C12H21NO3S. The van der Waals surface area contributed by atoms with Crippen LogP contribution in [0.25, 0.3) is 0 Å². The maximum Gasteiger partial charge on any atom is 0.316 e. The Hall–Kier alpha value is -0.550. The van der Waals surface area contributed by atoms with Crippen LogP contribution in [0, 0.1) is 11.8 Å². The van der Waals surface area contributed by atoms with Crippen molar-refractivity contribution in [2.45, 2.75) is 19.9 Å². The quantitative estimate of drug-likeness (QED) is 0.558. The number of esters is 1. The summed E-state index contributed by atoms with van der Waals surface area (Å²) in [5.41, 5.74) is 0. The Kier molecular flexibility index (Phi) is 5.46. The average molecular weight is 259 g/mol. The normalized spacial score (nSPS) is 23.5. The minimum Gasteiger partial charge on any atom is -0.468 e. The number of Topliss-reactive ketones (excluding diaryl/α,β-unsaturated/α-hetero) is 1. The molecule has 0 amide bonds. The summed E-state index contributed by atoms with van der Waals surface area (Å²) in [4.78, 5) is 26.1. The van der Waals surface area contributed by atoms with Gasteiger partial charge < -0.3 is 4.74 Å². The number of ether oxygens (including phenoxy) is 1. The fourth-order valence-corrected chi connectivity index (χ4v) is 3.26. The molecule has 2 atom stereocenters. The third-order valence-corrected chi connectivity index (χ3v) is 4.18. The van der Waals surface area contributed by atoms with Gasteiger partial charge in [-0.2, -0.15) is 11.8 Å². The molecule has 1 aliphatic heterocycles. The van der Waals surface area contributed by atoms with Crippen LogP contribution in [0.15, 0.2) is 0 Å². The van der Waals surface area contributed by atoms with Gasteiger partial charge in [-0.15, -0.1) is 0 Å². The number of methoxy groups -OCH3 is 1. The lowest BCUT2D eigenvalue weighted by Gasteiger charge is -2.33. The Balaban J connectivity index is 2.79. The predicted octanol–water partition coefficient (Wildman–Crippen LogP) is 1.05. The molecule has 1 rings (SSSR count). The molecule has 0 radical (unpaired) electrons. The van der Waals surface area contributed by atoms with Gasteiger partial charge in [-0.05, 0) is 13.0 Å². The first-order valence-electron chi connectivity index (χ1n) is 5.88. The van der Waals surface area contributed by atoms with Crippen molar-refractivity contribution in [1.82, 2.24) is 4.90 Å². The number of hydrogen-bond acceptors (Lipinski definition) is 5. The van der Waals surface area contributed by atoms with Gasteiger partial charge in [0.2, 0.25) is 0 Å². The number of carbonyl (C=O) groups is 2. The molecule has 0 aromatic rings. The maximum atomic E-state index is 12.4. The van der Waals surface area contributed by atoms with Crippen LogP contribution in [-0.2, 0) is 14.3 Å². The lowest BCUT2D eigenvalue weighted by Crippen LogP contribution is -2.49. The Morgan fingerprint density at radius 3 is 2.53 bits per heavy atom. The third-order valence-electron chi connectivity index (χ3n) is 3.15. The van der Waals surface area contributed by atoms with Crippen molar-refractivity contribution < 1.29 is 14.3 Å². The zero-order valence-corrected chi connectivity index (χ0v) is 11.8. The first-order chi connectivity index (χ1) is 7.99. The van der Waals surface area contributed by atoms with Gasteiger partial charge in [0.05, 0.1) is 13.2 Å². The SMILES string of the molecule is COC(=O)C(C(=O)C1CSCCN1C)C(C)C. The largest absolute Gasteiger partial charge is 0.468 e. The molecule has 0 aromatic heterocycles. The van der Waals surface area contributed by atoms with Crippen LogP contribution >= 0.6 is 11.8 Å². The van der Waals surface area contributed by atoms with E-state index in [1.165, 1.54) is 7.11 Å². The number of rotatable bonds is 4. The number of nitrogens with zero attached hydrogens (tertiary/aromatic N) is 1. The van der Waals surface area contributed by atoms with Crippen LogP contribution in [0.5, 0.6) is 0 Å². The van der Waals surface area contributed by atoms with Crippen molar-refractivity contribution >= 4 is 23.5 Å². The summed E-state index contributed by atoms with van der Waals surface area (Å²) >= 11 is 1.77. The molecule has 0 saturated carbocycles. The lowest BCUT2D eigenvalue weighted by molar-refractivity contribution is -0.152. The van der Waals surface area contributed by atoms with Crippen LogP contribution in [0.4, 0.5) is 0 Å². The maximum absolute atomic E-state index is 12.4. The highest BCUT2D eigenvalue weighted by Gasteiger charge is 2.38. The molecule has 0 spiro atoms. The smallest absolute Gasteiger partial charge is 0.316 e. The van der Waals surface area contributed by atoms with Gasteiger partial charge in [0, 0.05) is 18.1 Å². The van der Waals surface area contributed by atoms with E-state index in [1.807, 2.05) is 25.8 Å². The van der Waals surface area contributed by atoms with Gasteiger partial charge in [0.15, 0.2) is 5.78 Å². The second kappa shape index (κ2) is 6.40. The van der Waals surface area contributed by atoms with Crippen molar-refractivity contribution in [3.8, 4) is 0 Å². The fourth-order valence-electron chi connectivity index (χ4n) is 2.04. The minimum absolute atomic E-state index is 0.00144. The highest BCUT2D eigenvalue weighted by atomic mass is 32.2. The molecular weight excluding hydrogens is 238 g/mol. The Morgan fingerprint density at radius 1 is 1.41 bits per heavy atom.